The van der Waals surface area contributed by atoms with E-state index in [-0.39, 0.29) is 18.5 Å². The van der Waals surface area contributed by atoms with Gasteiger partial charge in [0.15, 0.2) is 0 Å². The summed E-state index contributed by atoms with van der Waals surface area (Å²) in [5.41, 5.74) is 3.81. The van der Waals surface area contributed by atoms with Gasteiger partial charge in [0.05, 0.1) is 5.69 Å². The summed E-state index contributed by atoms with van der Waals surface area (Å²) >= 11 is 0. The van der Waals surface area contributed by atoms with Crippen LogP contribution in [-0.2, 0) is 32.8 Å². The topological polar surface area (TPSA) is 90.0 Å². The summed E-state index contributed by atoms with van der Waals surface area (Å²) in [7, 11) is -1.13. The van der Waals surface area contributed by atoms with Crippen LogP contribution < -0.4 is 9.62 Å². The van der Waals surface area contributed by atoms with Crippen molar-refractivity contribution in [3.8, 4) is 0 Å². The molecule has 9 heteroatoms. The largest absolute Gasteiger partial charge is 0.352 e. The molecule has 1 aliphatic rings. The number of hydrogen-bond acceptors (Lipinski definition) is 4. The van der Waals surface area contributed by atoms with E-state index >= 15 is 0 Å². The number of carbonyl (C=O) groups is 2. The second-order valence-corrected chi connectivity index (χ2v) is 13.4. The minimum atomic E-state index is -4.04. The first-order chi connectivity index (χ1) is 20.1. The first kappa shape index (κ1) is 31.3. The molecule has 0 unspecified atom stereocenters. The number of benzene rings is 3. The fourth-order valence-electron chi connectivity index (χ4n) is 5.39. The smallest absolute Gasteiger partial charge is 0.304 e. The number of nitrogens with zero attached hydrogens (tertiary/aromatic N) is 3. The Morgan fingerprint density at radius 3 is 2.07 bits per heavy atom. The zero-order valence-corrected chi connectivity index (χ0v) is 25.8. The van der Waals surface area contributed by atoms with Crippen LogP contribution in [0.3, 0.4) is 0 Å². The van der Waals surface area contributed by atoms with Crippen molar-refractivity contribution in [3.05, 3.63) is 101 Å². The summed E-state index contributed by atoms with van der Waals surface area (Å²) in [6.07, 6.45) is 4.26. The standard InChI is InChI=1S/C33H42N4O4S/c1-25-19-20-26(2)30(21-25)37(42(40,41)35(3)4)24-32(38)36(23-28-15-9-6-10-16-28)31(22-27-13-7-5-8-14-27)33(39)34-29-17-11-12-18-29/h5-10,13-16,19-21,29,31H,11-12,17-18,22-24H2,1-4H3,(H,34,39)/t31-/m0/s1. The van der Waals surface area contributed by atoms with Gasteiger partial charge in [-0.2, -0.15) is 12.7 Å². The molecule has 42 heavy (non-hydrogen) atoms. The number of aryl methyl sites for hydroxylation is 2. The van der Waals surface area contributed by atoms with Crippen LogP contribution in [0.15, 0.2) is 78.9 Å². The Hall–Kier alpha value is -3.69. The molecule has 0 aliphatic heterocycles. The van der Waals surface area contributed by atoms with Crippen molar-refractivity contribution in [2.24, 2.45) is 0 Å². The van der Waals surface area contributed by atoms with E-state index in [1.165, 1.54) is 14.1 Å². The number of hydrogen-bond donors (Lipinski definition) is 1. The van der Waals surface area contributed by atoms with E-state index in [4.69, 9.17) is 0 Å². The molecule has 1 fully saturated rings. The Bertz CT molecular complexity index is 1460. The van der Waals surface area contributed by atoms with Gasteiger partial charge in [0.2, 0.25) is 11.8 Å². The van der Waals surface area contributed by atoms with Gasteiger partial charge in [-0.15, -0.1) is 0 Å². The van der Waals surface area contributed by atoms with Crippen molar-refractivity contribution in [3.63, 3.8) is 0 Å². The molecule has 0 radical (unpaired) electrons. The number of rotatable bonds is 12. The lowest BCUT2D eigenvalue weighted by Crippen LogP contribution is -2.55. The van der Waals surface area contributed by atoms with Gasteiger partial charge >= 0.3 is 10.2 Å². The molecule has 8 nitrogen and oxygen atoms in total. The second kappa shape index (κ2) is 14.0. The van der Waals surface area contributed by atoms with Crippen molar-refractivity contribution >= 4 is 27.7 Å². The molecule has 1 N–H and O–H groups in total. The molecule has 224 valence electrons. The van der Waals surface area contributed by atoms with E-state index in [1.807, 2.05) is 86.6 Å². The molecule has 4 rings (SSSR count). The molecule has 1 saturated carbocycles. The van der Waals surface area contributed by atoms with Gasteiger partial charge in [-0.05, 0) is 55.0 Å². The maximum Gasteiger partial charge on any atom is 0.304 e. The summed E-state index contributed by atoms with van der Waals surface area (Å²) in [4.78, 5) is 29.9. The molecular formula is C33H42N4O4S. The van der Waals surface area contributed by atoms with Gasteiger partial charge in [0, 0.05) is 33.1 Å². The Balaban J connectivity index is 1.76. The van der Waals surface area contributed by atoms with E-state index in [1.54, 1.807) is 11.0 Å². The summed E-state index contributed by atoms with van der Waals surface area (Å²) in [5, 5.41) is 3.20. The van der Waals surface area contributed by atoms with Crippen molar-refractivity contribution in [2.45, 2.75) is 64.6 Å². The number of carbonyl (C=O) groups excluding carboxylic acids is 2. The van der Waals surface area contributed by atoms with Crippen molar-refractivity contribution in [1.82, 2.24) is 14.5 Å². The Morgan fingerprint density at radius 1 is 0.881 bits per heavy atom. The molecule has 3 aromatic carbocycles. The van der Waals surface area contributed by atoms with E-state index in [2.05, 4.69) is 5.32 Å². The Morgan fingerprint density at radius 2 is 1.48 bits per heavy atom. The van der Waals surface area contributed by atoms with E-state index in [9.17, 15) is 18.0 Å². The molecule has 2 amide bonds. The van der Waals surface area contributed by atoms with Gasteiger partial charge in [-0.3, -0.25) is 9.59 Å². The minimum absolute atomic E-state index is 0.0741. The zero-order chi connectivity index (χ0) is 30.3. The van der Waals surface area contributed by atoms with Gasteiger partial charge in [0.25, 0.3) is 0 Å². The third-order valence-corrected chi connectivity index (χ3v) is 9.63. The number of anilines is 1. The maximum absolute atomic E-state index is 14.4. The normalized spacial score (nSPS) is 14.5. The van der Waals surface area contributed by atoms with Crippen LogP contribution in [0.2, 0.25) is 0 Å². The van der Waals surface area contributed by atoms with Crippen LogP contribution in [0.5, 0.6) is 0 Å². The monoisotopic (exact) mass is 590 g/mol. The van der Waals surface area contributed by atoms with E-state index in [0.717, 1.165) is 56.5 Å². The first-order valence-electron chi connectivity index (χ1n) is 14.5. The lowest BCUT2D eigenvalue weighted by Gasteiger charge is -2.35. The van der Waals surface area contributed by atoms with Gasteiger partial charge in [-0.1, -0.05) is 85.6 Å². The third kappa shape index (κ3) is 7.77. The van der Waals surface area contributed by atoms with Crippen LogP contribution in [0.4, 0.5) is 5.69 Å². The minimum Gasteiger partial charge on any atom is -0.352 e. The summed E-state index contributed by atoms with van der Waals surface area (Å²) in [6.45, 7) is 3.43. The lowest BCUT2D eigenvalue weighted by molar-refractivity contribution is -0.140. The molecule has 0 bridgehead atoms. The van der Waals surface area contributed by atoms with Crippen LogP contribution in [0.1, 0.15) is 47.9 Å². The highest BCUT2D eigenvalue weighted by Crippen LogP contribution is 2.26. The highest BCUT2D eigenvalue weighted by molar-refractivity contribution is 7.90. The molecular weight excluding hydrogens is 548 g/mol. The van der Waals surface area contributed by atoms with Gasteiger partial charge < -0.3 is 10.2 Å². The van der Waals surface area contributed by atoms with Gasteiger partial charge in [0.1, 0.15) is 12.6 Å². The average Bonchev–Trinajstić information content (AvgIpc) is 3.49. The zero-order valence-electron chi connectivity index (χ0n) is 25.0. The Labute approximate surface area is 250 Å². The molecule has 1 atom stereocenters. The van der Waals surface area contributed by atoms with Crippen LogP contribution >= 0.6 is 0 Å². The van der Waals surface area contributed by atoms with E-state index in [0.29, 0.717) is 12.1 Å². The molecule has 0 spiro atoms. The SMILES string of the molecule is Cc1ccc(C)c(N(CC(=O)N(Cc2ccccc2)[C@@H](Cc2ccccc2)C(=O)NC2CCCC2)S(=O)(=O)N(C)C)c1. The molecule has 0 aromatic heterocycles. The second-order valence-electron chi connectivity index (χ2n) is 11.3. The molecule has 0 saturated heterocycles. The predicted octanol–water partition coefficient (Wildman–Crippen LogP) is 4.62. The average molecular weight is 591 g/mol. The van der Waals surface area contributed by atoms with Crippen molar-refractivity contribution < 1.29 is 18.0 Å². The molecule has 1 aliphatic carbocycles. The van der Waals surface area contributed by atoms with Gasteiger partial charge in [-0.25, -0.2) is 4.31 Å². The van der Waals surface area contributed by atoms with Crippen LogP contribution in [0, 0.1) is 13.8 Å². The summed E-state index contributed by atoms with van der Waals surface area (Å²) in [6, 6.07) is 23.9. The number of nitrogens with one attached hydrogen (secondary N) is 1. The highest BCUT2D eigenvalue weighted by Gasteiger charge is 2.36. The quantitative estimate of drug-likeness (QED) is 0.334. The predicted molar refractivity (Wildman–Crippen MR) is 167 cm³/mol. The third-order valence-electron chi connectivity index (χ3n) is 7.82. The fraction of sp³-hybridized carbons (Fsp3) is 0.394. The maximum atomic E-state index is 14.4. The molecule has 0 heterocycles. The Kier molecular flexibility index (Phi) is 10.4. The lowest BCUT2D eigenvalue weighted by atomic mass is 10.0. The van der Waals surface area contributed by atoms with Crippen molar-refractivity contribution in [1.29, 1.82) is 0 Å². The fourth-order valence-corrected chi connectivity index (χ4v) is 6.50. The van der Waals surface area contributed by atoms with Crippen LogP contribution in [0.25, 0.3) is 0 Å². The number of amides is 2. The van der Waals surface area contributed by atoms with Crippen LogP contribution in [-0.4, -0.2) is 62.2 Å². The van der Waals surface area contributed by atoms with E-state index < -0.39 is 28.7 Å². The summed E-state index contributed by atoms with van der Waals surface area (Å²) < 4.78 is 29.5. The summed E-state index contributed by atoms with van der Waals surface area (Å²) in [5.74, 6) is -0.670. The van der Waals surface area contributed by atoms with Crippen molar-refractivity contribution in [2.75, 3.05) is 24.9 Å². The highest BCUT2D eigenvalue weighted by atomic mass is 32.2. The molecule has 3 aromatic rings. The first-order valence-corrected chi connectivity index (χ1v) is 15.9.